The van der Waals surface area contributed by atoms with Crippen LogP contribution in [0, 0.1) is 5.53 Å². The Hall–Kier alpha value is -1.15. The fourth-order valence-corrected chi connectivity index (χ4v) is 0.381. The van der Waals surface area contributed by atoms with Gasteiger partial charge >= 0.3 is 12.2 Å². The molecule has 0 aliphatic heterocycles. The van der Waals surface area contributed by atoms with Gasteiger partial charge in [-0.2, -0.15) is 0 Å². The van der Waals surface area contributed by atoms with Gasteiger partial charge in [0, 0.05) is 0 Å². The topological polar surface area (TPSA) is 64.2 Å². The van der Waals surface area contributed by atoms with E-state index in [9.17, 15) is 4.79 Å². The van der Waals surface area contributed by atoms with E-state index in [1.807, 2.05) is 0 Å². The summed E-state index contributed by atoms with van der Waals surface area (Å²) in [6.07, 6.45) is 0.825. The first-order valence-electron chi connectivity index (χ1n) is 2.88. The molecule has 0 fully saturated rings. The summed E-state index contributed by atoms with van der Waals surface area (Å²) in [4.78, 5) is 13.3. The smallest absolute Gasteiger partial charge is 0.418 e. The van der Waals surface area contributed by atoms with E-state index in [0.29, 0.717) is 0 Å². The quantitative estimate of drug-likeness (QED) is 0.253. The van der Waals surface area contributed by atoms with Gasteiger partial charge in [-0.25, -0.2) is 4.79 Å². The first-order chi connectivity index (χ1) is 4.45. The molecule has 0 bridgehead atoms. The van der Waals surface area contributed by atoms with Gasteiger partial charge in [-0.15, -0.1) is 0 Å². The van der Waals surface area contributed by atoms with Crippen molar-refractivity contribution in [3.8, 4) is 0 Å². The highest BCUT2D eigenvalue weighted by molar-refractivity contribution is 6.20. The fourth-order valence-electron chi connectivity index (χ4n) is 0.381. The molecule has 0 saturated heterocycles. The van der Waals surface area contributed by atoms with Crippen LogP contribution in [0.5, 0.6) is 0 Å². The Morgan fingerprint density at radius 2 is 2.10 bits per heavy atom. The predicted molar refractivity (Wildman–Crippen MR) is 34.9 cm³/mol. The lowest BCUT2D eigenvalue weighted by Gasteiger charge is -2.15. The van der Waals surface area contributed by atoms with Crippen molar-refractivity contribution in [1.82, 2.24) is 0 Å². The molecule has 0 aromatic rings. The van der Waals surface area contributed by atoms with Crippen LogP contribution in [0.2, 0.25) is 0 Å². The molecule has 0 rings (SSSR count). The van der Waals surface area contributed by atoms with Crippen molar-refractivity contribution in [3.05, 3.63) is 0 Å². The van der Waals surface area contributed by atoms with Crippen molar-refractivity contribution in [2.75, 3.05) is 0 Å². The molecule has 0 saturated carbocycles. The minimum Gasteiger partial charge on any atom is -0.451 e. The second kappa shape index (κ2) is 3.13. The molecule has 0 radical (unpaired) electrons. The van der Waals surface area contributed by atoms with Crippen molar-refractivity contribution in [2.45, 2.75) is 26.4 Å². The van der Waals surface area contributed by atoms with Crippen molar-refractivity contribution >= 4 is 12.2 Å². The van der Waals surface area contributed by atoms with E-state index in [-0.39, 0.29) is 0 Å². The highest BCUT2D eigenvalue weighted by Crippen LogP contribution is 2.05. The minimum atomic E-state index is -0.581. The van der Waals surface area contributed by atoms with Crippen LogP contribution in [0.1, 0.15) is 20.8 Å². The Balaban J connectivity index is 3.92. The Morgan fingerprint density at radius 1 is 1.60 bits per heavy atom. The summed E-state index contributed by atoms with van der Waals surface area (Å²) in [5.74, 6) is -0.581. The lowest BCUT2D eigenvalue weighted by molar-refractivity contribution is -0.157. The van der Waals surface area contributed by atoms with E-state index in [1.165, 1.54) is 0 Å². The van der Waals surface area contributed by atoms with E-state index in [2.05, 4.69) is 4.79 Å². The van der Waals surface area contributed by atoms with Gasteiger partial charge in [-0.1, -0.05) is 0 Å². The number of nitrogens with zero attached hydrogens (tertiary/aromatic N) is 1. The van der Waals surface area contributed by atoms with Gasteiger partial charge < -0.3 is 4.74 Å². The highest BCUT2D eigenvalue weighted by Gasteiger charge is 2.17. The first-order valence-corrected chi connectivity index (χ1v) is 2.88. The predicted octanol–water partition coefficient (Wildman–Crippen LogP) is 0.638. The van der Waals surface area contributed by atoms with E-state index >= 15 is 0 Å². The summed E-state index contributed by atoms with van der Waals surface area (Å²) in [7, 11) is 0. The van der Waals surface area contributed by atoms with Gasteiger partial charge in [0.15, 0.2) is 0 Å². The van der Waals surface area contributed by atoms with E-state index in [4.69, 9.17) is 10.3 Å². The molecule has 0 atom stereocenters. The van der Waals surface area contributed by atoms with Crippen LogP contribution in [0.4, 0.5) is 0 Å². The third-order valence-electron chi connectivity index (χ3n) is 0.577. The number of carbonyl (C=O) groups excluding carboxylic acids is 1. The van der Waals surface area contributed by atoms with Crippen molar-refractivity contribution in [1.29, 1.82) is 5.53 Å². The Bertz CT molecular complexity index is 175. The van der Waals surface area contributed by atoms with Gasteiger partial charge in [0.2, 0.25) is 0 Å². The molecule has 4 heteroatoms. The number of hydrogen-bond acceptors (Lipinski definition) is 3. The molecular formula is C6H11N2O2+. The number of nitrogens with one attached hydrogen (secondary N) is 1. The molecule has 0 aliphatic carbocycles. The van der Waals surface area contributed by atoms with Gasteiger partial charge in [-0.3, -0.25) is 0 Å². The van der Waals surface area contributed by atoms with Gasteiger partial charge in [-0.05, 0) is 20.8 Å². The molecule has 0 aromatic heterocycles. The van der Waals surface area contributed by atoms with Gasteiger partial charge in [0.25, 0.3) is 0 Å². The summed E-state index contributed by atoms with van der Waals surface area (Å²) < 4.78 is 4.77. The fraction of sp³-hybridized carbons (Fsp3) is 0.667. The lowest BCUT2D eigenvalue weighted by Crippen LogP contribution is -2.24. The summed E-state index contributed by atoms with van der Waals surface area (Å²) in [6.45, 7) is 5.26. The minimum absolute atomic E-state index is 0.502. The maximum absolute atomic E-state index is 10.6. The average Bonchev–Trinajstić information content (AvgIpc) is 1.59. The zero-order valence-corrected chi connectivity index (χ0v) is 6.34. The highest BCUT2D eigenvalue weighted by atomic mass is 16.6. The van der Waals surface area contributed by atoms with Crippen LogP contribution >= 0.6 is 0 Å². The molecule has 0 unspecified atom stereocenters. The molecule has 0 aliphatic rings. The normalized spacial score (nSPS) is 9.90. The maximum atomic E-state index is 10.6. The summed E-state index contributed by atoms with van der Waals surface area (Å²) in [5, 5.41) is 0. The lowest BCUT2D eigenvalue weighted by atomic mass is 10.2. The third-order valence-corrected chi connectivity index (χ3v) is 0.577. The van der Waals surface area contributed by atoms with Crippen LogP contribution in [0.3, 0.4) is 0 Å². The second-order valence-electron chi connectivity index (χ2n) is 2.79. The zero-order chi connectivity index (χ0) is 8.20. The molecule has 1 N–H and O–H groups in total. The molecule has 0 heterocycles. The van der Waals surface area contributed by atoms with Gasteiger partial charge in [0.05, 0.1) is 10.3 Å². The summed E-state index contributed by atoms with van der Waals surface area (Å²) in [5.41, 5.74) is 5.81. The van der Waals surface area contributed by atoms with Gasteiger partial charge in [0.1, 0.15) is 5.60 Å². The molecule has 10 heavy (non-hydrogen) atoms. The first kappa shape index (κ1) is 8.85. The molecule has 0 amide bonds. The molecule has 4 nitrogen and oxygen atoms in total. The third kappa shape index (κ3) is 5.00. The second-order valence-corrected chi connectivity index (χ2v) is 2.79. The number of hydrogen-bond donors (Lipinski definition) is 1. The standard InChI is InChI=1S/C6H11N2O2/c1-6(2,3)10-5(9)4-8-7/h4,7H,1-3H3/q+1. The Kier molecular flexibility index (Phi) is 2.77. The SMILES string of the molecule is CC(C)(C)OC(=O)C=[N+]=N. The van der Waals surface area contributed by atoms with Crippen LogP contribution in [-0.2, 0) is 9.53 Å². The Labute approximate surface area is 59.4 Å². The average molecular weight is 143 g/mol. The molecular weight excluding hydrogens is 132 g/mol. The zero-order valence-electron chi connectivity index (χ0n) is 6.34. The molecule has 56 valence electrons. The van der Waals surface area contributed by atoms with Crippen LogP contribution < -0.4 is 0 Å². The Morgan fingerprint density at radius 3 is 2.40 bits per heavy atom. The van der Waals surface area contributed by atoms with E-state index < -0.39 is 11.6 Å². The van der Waals surface area contributed by atoms with Crippen molar-refractivity contribution < 1.29 is 14.3 Å². The van der Waals surface area contributed by atoms with Crippen molar-refractivity contribution in [3.63, 3.8) is 0 Å². The van der Waals surface area contributed by atoms with Crippen molar-refractivity contribution in [2.24, 2.45) is 0 Å². The van der Waals surface area contributed by atoms with E-state index in [1.54, 1.807) is 20.8 Å². The van der Waals surface area contributed by atoms with Crippen LogP contribution in [0.15, 0.2) is 0 Å². The molecule has 0 spiro atoms. The monoisotopic (exact) mass is 143 g/mol. The largest absolute Gasteiger partial charge is 0.451 e. The number of rotatable bonds is 1. The molecule has 0 aromatic carbocycles. The number of esters is 1. The maximum Gasteiger partial charge on any atom is 0.418 e. The number of carbonyl (C=O) groups is 1. The summed E-state index contributed by atoms with van der Waals surface area (Å²) >= 11 is 0. The number of ether oxygens (including phenoxy) is 1. The van der Waals surface area contributed by atoms with Crippen LogP contribution in [-0.4, -0.2) is 22.6 Å². The summed E-state index contributed by atoms with van der Waals surface area (Å²) in [6, 6.07) is 0. The van der Waals surface area contributed by atoms with Crippen LogP contribution in [0.25, 0.3) is 0 Å². The van der Waals surface area contributed by atoms with E-state index in [0.717, 1.165) is 6.21 Å².